The lowest BCUT2D eigenvalue weighted by Crippen LogP contribution is -2.50. The number of ether oxygens (including phenoxy) is 1. The Labute approximate surface area is 231 Å². The minimum Gasteiger partial charge on any atom is -0.444 e. The van der Waals surface area contributed by atoms with E-state index in [-0.39, 0.29) is 18.2 Å². The van der Waals surface area contributed by atoms with E-state index >= 15 is 0 Å². The SMILES string of the molecule is Cc1nc(N2C[C@@H]3C[C@H]2CN3C(=O)OC(C)(C)C)n2nc(-c3ccccc3Cl)c(-c3ccc(Cl)cc3)c2n1. The number of carbonyl (C=O) groups excluding carboxylic acids is 1. The second kappa shape index (κ2) is 9.13. The second-order valence-electron chi connectivity index (χ2n) is 10.8. The summed E-state index contributed by atoms with van der Waals surface area (Å²) in [7, 11) is 0. The number of amides is 1. The van der Waals surface area contributed by atoms with Gasteiger partial charge >= 0.3 is 6.09 Å². The van der Waals surface area contributed by atoms with Crippen molar-refractivity contribution < 1.29 is 9.53 Å². The third-order valence-corrected chi connectivity index (χ3v) is 7.55. The Morgan fingerprint density at radius 3 is 2.39 bits per heavy atom. The number of halogens is 2. The normalized spacial score (nSPS) is 19.0. The molecule has 2 aliphatic rings. The molecule has 0 spiro atoms. The maximum absolute atomic E-state index is 12.8. The van der Waals surface area contributed by atoms with Crippen LogP contribution < -0.4 is 4.90 Å². The molecule has 2 bridgehead atoms. The van der Waals surface area contributed by atoms with E-state index in [0.29, 0.717) is 40.6 Å². The zero-order valence-electron chi connectivity index (χ0n) is 21.7. The average Bonchev–Trinajstić information content (AvgIpc) is 3.56. The van der Waals surface area contributed by atoms with Crippen LogP contribution in [0.15, 0.2) is 48.5 Å². The van der Waals surface area contributed by atoms with Gasteiger partial charge in [0.05, 0.1) is 22.7 Å². The average molecular weight is 551 g/mol. The minimum atomic E-state index is -0.531. The number of hydrogen-bond donors (Lipinski definition) is 0. The molecular weight excluding hydrogens is 523 g/mol. The standard InChI is InChI=1S/C28H28Cl2N6O2/c1-16-31-25-23(17-9-11-18(29)12-10-17)24(21-7-5-6-8-22(21)30)33-36(25)26(32-16)34-14-20-13-19(34)15-35(20)27(37)38-28(2,3)4/h5-12,19-20H,13-15H2,1-4H3/t19-,20-/m0/s1. The van der Waals surface area contributed by atoms with E-state index in [9.17, 15) is 4.79 Å². The van der Waals surface area contributed by atoms with Gasteiger partial charge in [0.25, 0.3) is 0 Å². The number of carbonyl (C=O) groups is 1. The van der Waals surface area contributed by atoms with E-state index in [0.717, 1.165) is 28.8 Å². The first-order chi connectivity index (χ1) is 18.1. The number of likely N-dealkylation sites (tertiary alicyclic amines) is 1. The monoisotopic (exact) mass is 550 g/mol. The van der Waals surface area contributed by atoms with Gasteiger partial charge in [0, 0.05) is 23.7 Å². The molecule has 0 N–H and O–H groups in total. The Balaban J connectivity index is 1.45. The highest BCUT2D eigenvalue weighted by Crippen LogP contribution is 2.40. The number of fused-ring (bicyclic) bond motifs is 3. The lowest BCUT2D eigenvalue weighted by atomic mass is 10.0. The van der Waals surface area contributed by atoms with E-state index in [1.54, 1.807) is 0 Å². The molecule has 8 nitrogen and oxygen atoms in total. The van der Waals surface area contributed by atoms with Gasteiger partial charge in [0.1, 0.15) is 17.1 Å². The summed E-state index contributed by atoms with van der Waals surface area (Å²) in [5.74, 6) is 1.34. The van der Waals surface area contributed by atoms with Gasteiger partial charge in [0.2, 0.25) is 5.95 Å². The van der Waals surface area contributed by atoms with Crippen molar-refractivity contribution in [2.24, 2.45) is 0 Å². The fourth-order valence-electron chi connectivity index (χ4n) is 5.39. The Morgan fingerprint density at radius 2 is 1.74 bits per heavy atom. The van der Waals surface area contributed by atoms with Crippen LogP contribution in [0.1, 0.15) is 33.0 Å². The molecule has 1 amide bonds. The predicted octanol–water partition coefficient (Wildman–Crippen LogP) is 6.27. The van der Waals surface area contributed by atoms with Gasteiger partial charge in [-0.05, 0) is 57.9 Å². The predicted molar refractivity (Wildman–Crippen MR) is 149 cm³/mol. The lowest BCUT2D eigenvalue weighted by molar-refractivity contribution is 0.0214. The van der Waals surface area contributed by atoms with Gasteiger partial charge in [-0.3, -0.25) is 0 Å². The smallest absolute Gasteiger partial charge is 0.410 e. The molecule has 196 valence electrons. The minimum absolute atomic E-state index is 0.0505. The number of nitrogens with zero attached hydrogens (tertiary/aromatic N) is 6. The van der Waals surface area contributed by atoms with Crippen LogP contribution in [0, 0.1) is 6.92 Å². The van der Waals surface area contributed by atoms with Crippen LogP contribution in [0.5, 0.6) is 0 Å². The van der Waals surface area contributed by atoms with Crippen molar-refractivity contribution in [1.82, 2.24) is 24.5 Å². The summed E-state index contributed by atoms with van der Waals surface area (Å²) >= 11 is 12.9. The molecule has 2 aliphatic heterocycles. The summed E-state index contributed by atoms with van der Waals surface area (Å²) < 4.78 is 7.46. The fourth-order valence-corrected chi connectivity index (χ4v) is 5.74. The van der Waals surface area contributed by atoms with Crippen LogP contribution in [0.25, 0.3) is 28.0 Å². The van der Waals surface area contributed by atoms with Crippen LogP contribution in [0.2, 0.25) is 10.0 Å². The van der Waals surface area contributed by atoms with Crippen molar-refractivity contribution in [3.8, 4) is 22.4 Å². The number of benzene rings is 2. The Morgan fingerprint density at radius 1 is 1.00 bits per heavy atom. The Bertz CT molecular complexity index is 1550. The zero-order chi connectivity index (χ0) is 26.8. The molecule has 2 aromatic carbocycles. The number of anilines is 1. The molecule has 2 atom stereocenters. The molecular formula is C28H28Cl2N6O2. The number of aryl methyl sites for hydroxylation is 1. The largest absolute Gasteiger partial charge is 0.444 e. The van der Waals surface area contributed by atoms with Crippen LogP contribution >= 0.6 is 23.2 Å². The van der Waals surface area contributed by atoms with Crippen LogP contribution in [0.4, 0.5) is 10.7 Å². The van der Waals surface area contributed by atoms with E-state index < -0.39 is 5.60 Å². The van der Waals surface area contributed by atoms with Crippen molar-refractivity contribution in [2.75, 3.05) is 18.0 Å². The summed E-state index contributed by atoms with van der Waals surface area (Å²) in [6, 6.07) is 15.5. The third-order valence-electron chi connectivity index (χ3n) is 6.97. The maximum atomic E-state index is 12.8. The Hall–Kier alpha value is -3.36. The van der Waals surface area contributed by atoms with Crippen molar-refractivity contribution >= 4 is 40.9 Å². The molecule has 0 saturated carbocycles. The fraction of sp³-hybridized carbons (Fsp3) is 0.357. The maximum Gasteiger partial charge on any atom is 0.410 e. The van der Waals surface area contributed by atoms with Crippen LogP contribution in [-0.2, 0) is 4.74 Å². The van der Waals surface area contributed by atoms with Crippen LogP contribution in [-0.4, -0.2) is 61.3 Å². The molecule has 6 rings (SSSR count). The van der Waals surface area contributed by atoms with Gasteiger partial charge in [-0.1, -0.05) is 53.5 Å². The third kappa shape index (κ3) is 4.35. The van der Waals surface area contributed by atoms with Gasteiger partial charge in [-0.25, -0.2) is 9.78 Å². The van der Waals surface area contributed by atoms with E-state index in [4.69, 9.17) is 43.0 Å². The summed E-state index contributed by atoms with van der Waals surface area (Å²) in [5, 5.41) is 6.30. The van der Waals surface area contributed by atoms with Gasteiger partial charge in [-0.2, -0.15) is 14.6 Å². The van der Waals surface area contributed by atoms with Gasteiger partial charge in [0.15, 0.2) is 5.65 Å². The first-order valence-electron chi connectivity index (χ1n) is 12.6. The van der Waals surface area contributed by atoms with Gasteiger partial charge < -0.3 is 14.5 Å². The van der Waals surface area contributed by atoms with Crippen molar-refractivity contribution in [2.45, 2.75) is 51.8 Å². The molecule has 38 heavy (non-hydrogen) atoms. The molecule has 2 fully saturated rings. The first kappa shape index (κ1) is 24.9. The topological polar surface area (TPSA) is 75.9 Å². The number of piperazine rings is 1. The van der Waals surface area contributed by atoms with Crippen molar-refractivity contribution in [1.29, 1.82) is 0 Å². The highest BCUT2D eigenvalue weighted by atomic mass is 35.5. The first-order valence-corrected chi connectivity index (χ1v) is 13.4. The molecule has 0 aliphatic carbocycles. The van der Waals surface area contributed by atoms with Crippen molar-refractivity contribution in [3.05, 3.63) is 64.4 Å². The lowest BCUT2D eigenvalue weighted by Gasteiger charge is -2.35. The molecule has 2 saturated heterocycles. The van der Waals surface area contributed by atoms with E-state index in [1.165, 1.54) is 0 Å². The molecule has 4 aromatic rings. The molecule has 4 heterocycles. The van der Waals surface area contributed by atoms with E-state index in [2.05, 4.69) is 4.90 Å². The molecule has 0 radical (unpaired) electrons. The molecule has 10 heteroatoms. The second-order valence-corrected chi connectivity index (χ2v) is 11.7. The summed E-state index contributed by atoms with van der Waals surface area (Å²) in [6.07, 6.45) is 0.589. The highest BCUT2D eigenvalue weighted by molar-refractivity contribution is 6.33. The van der Waals surface area contributed by atoms with Crippen LogP contribution in [0.3, 0.4) is 0 Å². The summed E-state index contributed by atoms with van der Waals surface area (Å²) in [6.45, 7) is 8.77. The van der Waals surface area contributed by atoms with Crippen molar-refractivity contribution in [3.63, 3.8) is 0 Å². The number of rotatable bonds is 3. The Kier molecular flexibility index (Phi) is 6.00. The zero-order valence-corrected chi connectivity index (χ0v) is 23.2. The number of hydrogen-bond acceptors (Lipinski definition) is 6. The highest BCUT2D eigenvalue weighted by Gasteiger charge is 2.48. The summed E-state index contributed by atoms with van der Waals surface area (Å²) in [5.41, 5.74) is 3.49. The molecule has 0 unspecified atom stereocenters. The van der Waals surface area contributed by atoms with E-state index in [1.807, 2.05) is 85.6 Å². The van der Waals surface area contributed by atoms with Gasteiger partial charge in [-0.15, -0.1) is 0 Å². The number of aromatic nitrogens is 4. The summed E-state index contributed by atoms with van der Waals surface area (Å²) in [4.78, 5) is 26.5. The quantitative estimate of drug-likeness (QED) is 0.299. The molecule has 2 aromatic heterocycles.